The third-order valence-electron chi connectivity index (χ3n) is 2.98. The lowest BCUT2D eigenvalue weighted by molar-refractivity contribution is 0.0352. The first-order chi connectivity index (χ1) is 7.51. The van der Waals surface area contributed by atoms with Crippen LogP contribution in [0.4, 0.5) is 8.78 Å². The summed E-state index contributed by atoms with van der Waals surface area (Å²) in [4.78, 5) is 11.9. The average molecular weight is 226 g/mol. The number of hydrogen-bond donors (Lipinski definition) is 1. The Morgan fingerprint density at radius 2 is 1.62 bits per heavy atom. The van der Waals surface area contributed by atoms with Crippen molar-refractivity contribution >= 4 is 5.78 Å². The maximum Gasteiger partial charge on any atom is 0.194 e. The SMILES string of the molecule is O=C(c1cc(F)cc(F)c1)C1(O)CCCC1. The second-order valence-electron chi connectivity index (χ2n) is 4.23. The molecule has 86 valence electrons. The molecule has 1 aromatic carbocycles. The lowest BCUT2D eigenvalue weighted by Crippen LogP contribution is -2.35. The van der Waals surface area contributed by atoms with E-state index in [-0.39, 0.29) is 5.56 Å². The van der Waals surface area contributed by atoms with Crippen molar-refractivity contribution in [2.24, 2.45) is 0 Å². The van der Waals surface area contributed by atoms with Crippen molar-refractivity contribution in [3.63, 3.8) is 0 Å². The Morgan fingerprint density at radius 1 is 1.12 bits per heavy atom. The van der Waals surface area contributed by atoms with Gasteiger partial charge in [-0.2, -0.15) is 0 Å². The van der Waals surface area contributed by atoms with Crippen LogP contribution in [0, 0.1) is 11.6 Å². The minimum atomic E-state index is -1.43. The normalized spacial score (nSPS) is 18.7. The van der Waals surface area contributed by atoms with E-state index in [1.165, 1.54) is 0 Å². The Labute approximate surface area is 91.9 Å². The molecular weight excluding hydrogens is 214 g/mol. The van der Waals surface area contributed by atoms with Gasteiger partial charge < -0.3 is 5.11 Å². The number of Topliss-reactive ketones (excluding diaryl/α,β-unsaturated/α-hetero) is 1. The second kappa shape index (κ2) is 3.94. The zero-order valence-electron chi connectivity index (χ0n) is 8.67. The third kappa shape index (κ3) is 1.97. The summed E-state index contributed by atoms with van der Waals surface area (Å²) in [6, 6.07) is 2.62. The van der Waals surface area contributed by atoms with Gasteiger partial charge in [0.15, 0.2) is 5.78 Å². The highest BCUT2D eigenvalue weighted by Crippen LogP contribution is 2.32. The van der Waals surface area contributed by atoms with E-state index < -0.39 is 23.0 Å². The minimum absolute atomic E-state index is 0.0955. The Kier molecular flexibility index (Phi) is 2.76. The fraction of sp³-hybridized carbons (Fsp3) is 0.417. The molecule has 0 spiro atoms. The van der Waals surface area contributed by atoms with E-state index in [4.69, 9.17) is 0 Å². The van der Waals surface area contributed by atoms with E-state index >= 15 is 0 Å². The summed E-state index contributed by atoms with van der Waals surface area (Å²) in [5.74, 6) is -2.18. The summed E-state index contributed by atoms with van der Waals surface area (Å²) in [5, 5.41) is 10.0. The summed E-state index contributed by atoms with van der Waals surface area (Å²) in [5.41, 5.74) is -1.53. The molecule has 0 atom stereocenters. The van der Waals surface area contributed by atoms with Crippen molar-refractivity contribution in [1.29, 1.82) is 0 Å². The lowest BCUT2D eigenvalue weighted by Gasteiger charge is -2.20. The topological polar surface area (TPSA) is 37.3 Å². The molecule has 2 nitrogen and oxygen atoms in total. The highest BCUT2D eigenvalue weighted by atomic mass is 19.1. The first kappa shape index (κ1) is 11.2. The van der Waals surface area contributed by atoms with Crippen molar-refractivity contribution in [1.82, 2.24) is 0 Å². The van der Waals surface area contributed by atoms with Crippen LogP contribution in [0.25, 0.3) is 0 Å². The van der Waals surface area contributed by atoms with Crippen LogP contribution >= 0.6 is 0 Å². The molecule has 0 bridgehead atoms. The Hall–Kier alpha value is -1.29. The number of aliphatic hydroxyl groups is 1. The summed E-state index contributed by atoms with van der Waals surface area (Å²) in [7, 11) is 0. The van der Waals surface area contributed by atoms with E-state index in [1.807, 2.05) is 0 Å². The number of carbonyl (C=O) groups is 1. The lowest BCUT2D eigenvalue weighted by atomic mass is 9.91. The number of ketones is 1. The smallest absolute Gasteiger partial charge is 0.194 e. The van der Waals surface area contributed by atoms with Crippen LogP contribution in [0.3, 0.4) is 0 Å². The van der Waals surface area contributed by atoms with Gasteiger partial charge in [-0.25, -0.2) is 8.78 Å². The molecule has 0 heterocycles. The largest absolute Gasteiger partial charge is 0.382 e. The molecule has 0 aliphatic heterocycles. The third-order valence-corrected chi connectivity index (χ3v) is 2.98. The Morgan fingerprint density at radius 3 is 2.12 bits per heavy atom. The van der Waals surface area contributed by atoms with Gasteiger partial charge in [-0.1, -0.05) is 0 Å². The van der Waals surface area contributed by atoms with Crippen molar-refractivity contribution in [3.8, 4) is 0 Å². The standard InChI is InChI=1S/C12H12F2O2/c13-9-5-8(6-10(14)7-9)11(15)12(16)3-1-2-4-12/h5-7,16H,1-4H2. The molecule has 1 N–H and O–H groups in total. The van der Waals surface area contributed by atoms with Gasteiger partial charge in [0.2, 0.25) is 0 Å². The van der Waals surface area contributed by atoms with Crippen LogP contribution in [0.5, 0.6) is 0 Å². The number of hydrogen-bond acceptors (Lipinski definition) is 2. The number of rotatable bonds is 2. The quantitative estimate of drug-likeness (QED) is 0.786. The maximum absolute atomic E-state index is 12.9. The Balaban J connectivity index is 2.33. The Bertz CT molecular complexity index is 403. The van der Waals surface area contributed by atoms with Crippen LogP contribution < -0.4 is 0 Å². The van der Waals surface area contributed by atoms with E-state index in [0.29, 0.717) is 18.9 Å². The molecule has 0 unspecified atom stereocenters. The van der Waals surface area contributed by atoms with Crippen molar-refractivity contribution in [3.05, 3.63) is 35.4 Å². The van der Waals surface area contributed by atoms with Gasteiger partial charge in [0.1, 0.15) is 17.2 Å². The summed E-state index contributed by atoms with van der Waals surface area (Å²) in [6.45, 7) is 0. The van der Waals surface area contributed by atoms with Crippen LogP contribution in [-0.2, 0) is 0 Å². The van der Waals surface area contributed by atoms with Gasteiger partial charge in [-0.05, 0) is 37.8 Å². The molecule has 4 heteroatoms. The highest BCUT2D eigenvalue weighted by molar-refractivity contribution is 6.02. The molecule has 0 aromatic heterocycles. The van der Waals surface area contributed by atoms with Gasteiger partial charge >= 0.3 is 0 Å². The van der Waals surface area contributed by atoms with E-state index in [1.54, 1.807) is 0 Å². The van der Waals surface area contributed by atoms with Gasteiger partial charge in [0.25, 0.3) is 0 Å². The molecule has 1 saturated carbocycles. The monoisotopic (exact) mass is 226 g/mol. The van der Waals surface area contributed by atoms with E-state index in [9.17, 15) is 18.7 Å². The second-order valence-corrected chi connectivity index (χ2v) is 4.23. The molecule has 1 aliphatic carbocycles. The fourth-order valence-corrected chi connectivity index (χ4v) is 2.14. The highest BCUT2D eigenvalue weighted by Gasteiger charge is 2.39. The molecule has 1 aliphatic rings. The first-order valence-corrected chi connectivity index (χ1v) is 5.24. The zero-order chi connectivity index (χ0) is 11.8. The molecule has 0 radical (unpaired) electrons. The fourth-order valence-electron chi connectivity index (χ4n) is 2.14. The van der Waals surface area contributed by atoms with Crippen LogP contribution in [0.1, 0.15) is 36.0 Å². The number of benzene rings is 1. The van der Waals surface area contributed by atoms with E-state index in [2.05, 4.69) is 0 Å². The van der Waals surface area contributed by atoms with Gasteiger partial charge in [0, 0.05) is 11.6 Å². The number of halogens is 2. The number of carbonyl (C=O) groups excluding carboxylic acids is 1. The molecular formula is C12H12F2O2. The molecule has 2 rings (SSSR count). The molecule has 1 aromatic rings. The molecule has 16 heavy (non-hydrogen) atoms. The van der Waals surface area contributed by atoms with Gasteiger partial charge in [0.05, 0.1) is 0 Å². The summed E-state index contributed by atoms with van der Waals surface area (Å²) in [6.07, 6.45) is 2.26. The summed E-state index contributed by atoms with van der Waals surface area (Å²) < 4.78 is 25.9. The minimum Gasteiger partial charge on any atom is -0.382 e. The predicted molar refractivity (Wildman–Crippen MR) is 54.1 cm³/mol. The van der Waals surface area contributed by atoms with Crippen molar-refractivity contribution in [2.75, 3.05) is 0 Å². The van der Waals surface area contributed by atoms with Crippen LogP contribution in [0.15, 0.2) is 18.2 Å². The zero-order valence-corrected chi connectivity index (χ0v) is 8.67. The molecule has 1 fully saturated rings. The van der Waals surface area contributed by atoms with E-state index in [0.717, 1.165) is 25.0 Å². The molecule has 0 saturated heterocycles. The predicted octanol–water partition coefficient (Wildman–Crippen LogP) is 2.45. The van der Waals surface area contributed by atoms with Crippen LogP contribution in [0.2, 0.25) is 0 Å². The van der Waals surface area contributed by atoms with Gasteiger partial charge in [-0.3, -0.25) is 4.79 Å². The summed E-state index contributed by atoms with van der Waals surface area (Å²) >= 11 is 0. The van der Waals surface area contributed by atoms with Gasteiger partial charge in [-0.15, -0.1) is 0 Å². The van der Waals surface area contributed by atoms with Crippen molar-refractivity contribution < 1.29 is 18.7 Å². The molecule has 0 amide bonds. The van der Waals surface area contributed by atoms with Crippen molar-refractivity contribution in [2.45, 2.75) is 31.3 Å². The maximum atomic E-state index is 12.9. The first-order valence-electron chi connectivity index (χ1n) is 5.24. The van der Waals surface area contributed by atoms with Crippen LogP contribution in [-0.4, -0.2) is 16.5 Å². The average Bonchev–Trinajstić information content (AvgIpc) is 2.64.